The van der Waals surface area contributed by atoms with Crippen LogP contribution in [0.1, 0.15) is 5.56 Å². The molecule has 0 radical (unpaired) electrons. The number of hydrogen-bond acceptors (Lipinski definition) is 3. The van der Waals surface area contributed by atoms with Gasteiger partial charge in [-0.05, 0) is 24.6 Å². The van der Waals surface area contributed by atoms with E-state index >= 15 is 0 Å². The predicted octanol–water partition coefficient (Wildman–Crippen LogP) is -0.0680. The lowest BCUT2D eigenvalue weighted by molar-refractivity contribution is -0.118. The van der Waals surface area contributed by atoms with Gasteiger partial charge in [-0.3, -0.25) is 23.5 Å². The van der Waals surface area contributed by atoms with Crippen LogP contribution in [-0.4, -0.2) is 15.0 Å². The molecule has 7 heteroatoms. The summed E-state index contributed by atoms with van der Waals surface area (Å²) in [6.45, 7) is 1.21. The summed E-state index contributed by atoms with van der Waals surface area (Å²) in [5.41, 5.74) is 3.87. The Bertz CT molecular complexity index is 792. The minimum absolute atomic E-state index is 0.237. The van der Waals surface area contributed by atoms with Crippen LogP contribution < -0.4 is 16.9 Å². The molecular weight excluding hydrogens is 265 g/mol. The number of halogens is 1. The van der Waals surface area contributed by atoms with Gasteiger partial charge in [-0.15, -0.1) is 0 Å². The van der Waals surface area contributed by atoms with Crippen LogP contribution in [-0.2, 0) is 11.3 Å². The van der Waals surface area contributed by atoms with Crippen molar-refractivity contribution in [2.75, 3.05) is 0 Å². The van der Waals surface area contributed by atoms with E-state index in [1.54, 1.807) is 6.92 Å². The number of rotatable bonds is 3. The van der Waals surface area contributed by atoms with Gasteiger partial charge in [0.2, 0.25) is 5.91 Å². The standard InChI is InChI=1S/C13H12FN3O3/c1-8-2-3-9(6-10(8)14)17-5-4-16(7-11(15)18)12(19)13(17)20/h2-6H,7H2,1H3,(H2,15,18). The zero-order valence-corrected chi connectivity index (χ0v) is 10.7. The van der Waals surface area contributed by atoms with Gasteiger partial charge in [-0.2, -0.15) is 0 Å². The fourth-order valence-corrected chi connectivity index (χ4v) is 1.74. The summed E-state index contributed by atoms with van der Waals surface area (Å²) in [6, 6.07) is 4.19. The summed E-state index contributed by atoms with van der Waals surface area (Å²) < 4.78 is 15.4. The van der Waals surface area contributed by atoms with Gasteiger partial charge in [0.25, 0.3) is 0 Å². The molecule has 2 aromatic rings. The summed E-state index contributed by atoms with van der Waals surface area (Å²) >= 11 is 0. The Morgan fingerprint density at radius 1 is 1.25 bits per heavy atom. The lowest BCUT2D eigenvalue weighted by atomic mass is 10.2. The van der Waals surface area contributed by atoms with E-state index in [0.29, 0.717) is 5.56 Å². The average Bonchev–Trinajstić information content (AvgIpc) is 2.38. The number of primary amides is 1. The van der Waals surface area contributed by atoms with E-state index in [2.05, 4.69) is 0 Å². The molecule has 0 bridgehead atoms. The maximum absolute atomic E-state index is 13.5. The highest BCUT2D eigenvalue weighted by Crippen LogP contribution is 2.11. The average molecular weight is 277 g/mol. The third-order valence-electron chi connectivity index (χ3n) is 2.82. The fourth-order valence-electron chi connectivity index (χ4n) is 1.74. The molecule has 1 aromatic carbocycles. The molecule has 0 aliphatic carbocycles. The molecule has 1 amide bonds. The summed E-state index contributed by atoms with van der Waals surface area (Å²) in [7, 11) is 0. The van der Waals surface area contributed by atoms with Crippen molar-refractivity contribution in [3.05, 3.63) is 62.7 Å². The molecule has 2 N–H and O–H groups in total. The monoisotopic (exact) mass is 277 g/mol. The Labute approximate surface area is 112 Å². The van der Waals surface area contributed by atoms with E-state index in [1.807, 2.05) is 0 Å². The van der Waals surface area contributed by atoms with Crippen molar-refractivity contribution in [1.29, 1.82) is 0 Å². The van der Waals surface area contributed by atoms with E-state index in [-0.39, 0.29) is 12.2 Å². The first kappa shape index (κ1) is 13.7. The zero-order valence-electron chi connectivity index (χ0n) is 10.7. The number of carbonyl (C=O) groups is 1. The number of aryl methyl sites for hydroxylation is 1. The SMILES string of the molecule is Cc1ccc(-n2ccn(CC(N)=O)c(=O)c2=O)cc1F. The van der Waals surface area contributed by atoms with Crippen molar-refractivity contribution in [3.8, 4) is 5.69 Å². The molecule has 0 fully saturated rings. The van der Waals surface area contributed by atoms with Crippen LogP contribution in [0.25, 0.3) is 5.69 Å². The van der Waals surface area contributed by atoms with Crippen LogP contribution >= 0.6 is 0 Å². The molecule has 20 heavy (non-hydrogen) atoms. The lowest BCUT2D eigenvalue weighted by Gasteiger charge is -2.08. The molecule has 6 nitrogen and oxygen atoms in total. The Kier molecular flexibility index (Phi) is 3.51. The van der Waals surface area contributed by atoms with E-state index in [4.69, 9.17) is 5.73 Å². The van der Waals surface area contributed by atoms with Gasteiger partial charge in [0.1, 0.15) is 12.4 Å². The zero-order chi connectivity index (χ0) is 14.9. The third kappa shape index (κ3) is 2.51. The van der Waals surface area contributed by atoms with Gasteiger partial charge in [0, 0.05) is 12.4 Å². The minimum Gasteiger partial charge on any atom is -0.368 e. The van der Waals surface area contributed by atoms with Crippen LogP contribution in [0.4, 0.5) is 4.39 Å². The molecule has 1 aromatic heterocycles. The first-order valence-electron chi connectivity index (χ1n) is 5.77. The second-order valence-electron chi connectivity index (χ2n) is 4.31. The van der Waals surface area contributed by atoms with Crippen LogP contribution in [0.3, 0.4) is 0 Å². The molecule has 104 valence electrons. The number of aromatic nitrogens is 2. The van der Waals surface area contributed by atoms with Crippen molar-refractivity contribution in [2.45, 2.75) is 13.5 Å². The lowest BCUT2D eigenvalue weighted by Crippen LogP contribution is -2.41. The molecule has 0 aliphatic rings. The van der Waals surface area contributed by atoms with Crippen LogP contribution in [0.2, 0.25) is 0 Å². The minimum atomic E-state index is -0.896. The van der Waals surface area contributed by atoms with Crippen LogP contribution in [0, 0.1) is 12.7 Å². The Morgan fingerprint density at radius 3 is 2.55 bits per heavy atom. The Hall–Kier alpha value is -2.70. The predicted molar refractivity (Wildman–Crippen MR) is 70.2 cm³/mol. The topological polar surface area (TPSA) is 87.1 Å². The molecule has 0 saturated heterocycles. The number of benzene rings is 1. The molecule has 0 saturated carbocycles. The number of nitrogens with two attached hydrogens (primary N) is 1. The summed E-state index contributed by atoms with van der Waals surface area (Å²) in [4.78, 5) is 34.5. The number of carbonyl (C=O) groups excluding carboxylic acids is 1. The second-order valence-corrected chi connectivity index (χ2v) is 4.31. The van der Waals surface area contributed by atoms with E-state index in [9.17, 15) is 18.8 Å². The van der Waals surface area contributed by atoms with E-state index in [1.165, 1.54) is 24.5 Å². The second kappa shape index (κ2) is 5.12. The smallest absolute Gasteiger partial charge is 0.320 e. The third-order valence-corrected chi connectivity index (χ3v) is 2.82. The van der Waals surface area contributed by atoms with Gasteiger partial charge in [-0.1, -0.05) is 6.07 Å². The molecule has 0 spiro atoms. The highest BCUT2D eigenvalue weighted by atomic mass is 19.1. The fraction of sp³-hybridized carbons (Fsp3) is 0.154. The van der Waals surface area contributed by atoms with Gasteiger partial charge in [-0.25, -0.2) is 4.39 Å². The maximum Gasteiger partial charge on any atom is 0.320 e. The summed E-state index contributed by atoms with van der Waals surface area (Å²) in [6.07, 6.45) is 2.54. The van der Waals surface area contributed by atoms with Gasteiger partial charge in [0.05, 0.1) is 5.69 Å². The van der Waals surface area contributed by atoms with Crippen molar-refractivity contribution in [1.82, 2.24) is 9.13 Å². The largest absolute Gasteiger partial charge is 0.368 e. The van der Waals surface area contributed by atoms with Crippen LogP contribution in [0.15, 0.2) is 40.2 Å². The van der Waals surface area contributed by atoms with E-state index in [0.717, 1.165) is 15.2 Å². The normalized spacial score (nSPS) is 10.5. The molecule has 0 aliphatic heterocycles. The number of hydrogen-bond donors (Lipinski definition) is 1. The molecular formula is C13H12FN3O3. The van der Waals surface area contributed by atoms with Gasteiger partial charge < -0.3 is 5.73 Å². The quantitative estimate of drug-likeness (QED) is 0.797. The number of nitrogens with zero attached hydrogens (tertiary/aromatic N) is 2. The summed E-state index contributed by atoms with van der Waals surface area (Å²) in [5.74, 6) is -1.21. The maximum atomic E-state index is 13.5. The first-order valence-corrected chi connectivity index (χ1v) is 5.77. The Morgan fingerprint density at radius 2 is 1.95 bits per heavy atom. The highest BCUT2D eigenvalue weighted by molar-refractivity contribution is 5.73. The van der Waals surface area contributed by atoms with Crippen molar-refractivity contribution in [2.24, 2.45) is 5.73 Å². The van der Waals surface area contributed by atoms with Crippen LogP contribution in [0.5, 0.6) is 0 Å². The van der Waals surface area contributed by atoms with Crippen molar-refractivity contribution in [3.63, 3.8) is 0 Å². The van der Waals surface area contributed by atoms with Crippen molar-refractivity contribution < 1.29 is 9.18 Å². The first-order chi connectivity index (χ1) is 9.40. The van der Waals surface area contributed by atoms with Gasteiger partial charge >= 0.3 is 11.1 Å². The molecule has 0 unspecified atom stereocenters. The molecule has 0 atom stereocenters. The van der Waals surface area contributed by atoms with Gasteiger partial charge in [0.15, 0.2) is 0 Å². The van der Waals surface area contributed by atoms with E-state index < -0.39 is 22.8 Å². The molecule has 1 heterocycles. The Balaban J connectivity index is 2.57. The summed E-state index contributed by atoms with van der Waals surface area (Å²) in [5, 5.41) is 0. The highest BCUT2D eigenvalue weighted by Gasteiger charge is 2.09. The number of amides is 1. The molecule has 2 rings (SSSR count). The van der Waals surface area contributed by atoms with Crippen molar-refractivity contribution >= 4 is 5.91 Å².